The summed E-state index contributed by atoms with van der Waals surface area (Å²) in [6.07, 6.45) is 5.85. The Hall–Kier alpha value is -0.990. The fourth-order valence-electron chi connectivity index (χ4n) is 2.16. The highest BCUT2D eigenvalue weighted by atomic mass is 16.2. The first-order chi connectivity index (χ1) is 7.94. The molecular formula is C14H26N2O. The molecule has 0 bridgehead atoms. The molecule has 0 aromatic heterocycles. The molecule has 1 aliphatic rings. The van der Waals surface area contributed by atoms with Crippen molar-refractivity contribution in [1.82, 2.24) is 10.6 Å². The molecule has 0 aromatic rings. The molecule has 2 N–H and O–H groups in total. The number of hydrogen-bond acceptors (Lipinski definition) is 2. The van der Waals surface area contributed by atoms with Gasteiger partial charge in [-0.25, -0.2) is 0 Å². The molecule has 3 nitrogen and oxygen atoms in total. The quantitative estimate of drug-likeness (QED) is 0.742. The van der Waals surface area contributed by atoms with Crippen molar-refractivity contribution >= 4 is 5.91 Å². The molecule has 0 aliphatic heterocycles. The van der Waals surface area contributed by atoms with Crippen LogP contribution in [0.3, 0.4) is 0 Å². The van der Waals surface area contributed by atoms with E-state index in [-0.39, 0.29) is 11.4 Å². The van der Waals surface area contributed by atoms with Crippen molar-refractivity contribution in [3.63, 3.8) is 0 Å². The van der Waals surface area contributed by atoms with E-state index in [0.29, 0.717) is 6.54 Å². The van der Waals surface area contributed by atoms with Crippen LogP contribution in [-0.4, -0.2) is 18.0 Å². The lowest BCUT2D eigenvalue weighted by molar-refractivity contribution is -0.118. The summed E-state index contributed by atoms with van der Waals surface area (Å²) in [6.45, 7) is 8.92. The summed E-state index contributed by atoms with van der Waals surface area (Å²) in [5.41, 5.74) is 2.06. The molecule has 0 saturated heterocycles. The van der Waals surface area contributed by atoms with Crippen LogP contribution >= 0.6 is 0 Å². The minimum atomic E-state index is -0.0646. The Kier molecular flexibility index (Phi) is 5.03. The summed E-state index contributed by atoms with van der Waals surface area (Å²) in [5.74, 6) is 0.0549. The average Bonchev–Trinajstić information content (AvgIpc) is 2.26. The highest BCUT2D eigenvalue weighted by Crippen LogP contribution is 2.25. The fraction of sp³-hybridized carbons (Fsp3) is 0.786. The van der Waals surface area contributed by atoms with E-state index in [1.807, 2.05) is 6.92 Å². The second-order valence-corrected chi connectivity index (χ2v) is 5.77. The van der Waals surface area contributed by atoms with Crippen LogP contribution in [0.4, 0.5) is 0 Å². The number of amides is 1. The lowest BCUT2D eigenvalue weighted by Gasteiger charge is -2.27. The van der Waals surface area contributed by atoms with Crippen molar-refractivity contribution in [3.8, 4) is 0 Å². The fourth-order valence-corrected chi connectivity index (χ4v) is 2.16. The molecule has 1 saturated carbocycles. The molecule has 98 valence electrons. The van der Waals surface area contributed by atoms with E-state index >= 15 is 0 Å². The Labute approximate surface area is 105 Å². The Bertz CT molecular complexity index is 292. The molecule has 0 aromatic carbocycles. The van der Waals surface area contributed by atoms with E-state index in [2.05, 4.69) is 31.4 Å². The maximum atomic E-state index is 12.1. The van der Waals surface area contributed by atoms with Crippen molar-refractivity contribution in [3.05, 3.63) is 11.3 Å². The monoisotopic (exact) mass is 238 g/mol. The SMILES string of the molecule is CCNC(=O)C(NC(C)(C)C)=C1CCCCC1. The van der Waals surface area contributed by atoms with Crippen LogP contribution in [0.1, 0.15) is 59.8 Å². The topological polar surface area (TPSA) is 41.1 Å². The maximum Gasteiger partial charge on any atom is 0.267 e. The van der Waals surface area contributed by atoms with E-state index in [0.717, 1.165) is 18.5 Å². The van der Waals surface area contributed by atoms with Gasteiger partial charge in [0.1, 0.15) is 0 Å². The van der Waals surface area contributed by atoms with E-state index < -0.39 is 0 Å². The smallest absolute Gasteiger partial charge is 0.267 e. The van der Waals surface area contributed by atoms with Gasteiger partial charge in [-0.3, -0.25) is 4.79 Å². The molecule has 1 aliphatic carbocycles. The third kappa shape index (κ3) is 4.80. The number of carbonyl (C=O) groups excluding carboxylic acids is 1. The van der Waals surface area contributed by atoms with Gasteiger partial charge in [0.15, 0.2) is 0 Å². The van der Waals surface area contributed by atoms with Crippen LogP contribution in [0.15, 0.2) is 11.3 Å². The number of hydrogen-bond donors (Lipinski definition) is 2. The third-order valence-corrected chi connectivity index (χ3v) is 2.88. The van der Waals surface area contributed by atoms with Gasteiger partial charge < -0.3 is 10.6 Å². The molecular weight excluding hydrogens is 212 g/mol. The molecule has 0 radical (unpaired) electrons. The van der Waals surface area contributed by atoms with Gasteiger partial charge in [0.05, 0.1) is 5.70 Å². The number of carbonyl (C=O) groups is 1. The van der Waals surface area contributed by atoms with E-state index in [9.17, 15) is 4.79 Å². The Morgan fingerprint density at radius 3 is 2.24 bits per heavy atom. The zero-order valence-corrected chi connectivity index (χ0v) is 11.7. The van der Waals surface area contributed by atoms with Gasteiger partial charge in [0.25, 0.3) is 5.91 Å². The predicted molar refractivity (Wildman–Crippen MR) is 71.7 cm³/mol. The van der Waals surface area contributed by atoms with Crippen molar-refractivity contribution < 1.29 is 4.79 Å². The van der Waals surface area contributed by atoms with Gasteiger partial charge in [0, 0.05) is 12.1 Å². The van der Waals surface area contributed by atoms with Gasteiger partial charge in [-0.05, 0) is 59.0 Å². The first kappa shape index (κ1) is 14.1. The summed E-state index contributed by atoms with van der Waals surface area (Å²) < 4.78 is 0. The van der Waals surface area contributed by atoms with Crippen molar-refractivity contribution in [2.24, 2.45) is 0 Å². The minimum Gasteiger partial charge on any atom is -0.376 e. The van der Waals surface area contributed by atoms with Crippen LogP contribution in [-0.2, 0) is 4.79 Å². The third-order valence-electron chi connectivity index (χ3n) is 2.88. The molecule has 1 rings (SSSR count). The van der Waals surface area contributed by atoms with Crippen LogP contribution in [0.2, 0.25) is 0 Å². The van der Waals surface area contributed by atoms with Crippen LogP contribution in [0.5, 0.6) is 0 Å². The van der Waals surface area contributed by atoms with E-state index in [1.165, 1.54) is 24.8 Å². The largest absolute Gasteiger partial charge is 0.376 e. The second kappa shape index (κ2) is 6.08. The summed E-state index contributed by atoms with van der Waals surface area (Å²) in [6, 6.07) is 0. The Balaban J connectivity index is 2.88. The van der Waals surface area contributed by atoms with Gasteiger partial charge in [-0.1, -0.05) is 6.42 Å². The number of likely N-dealkylation sites (N-methyl/N-ethyl adjacent to an activating group) is 1. The summed E-state index contributed by atoms with van der Waals surface area (Å²) in [4.78, 5) is 12.1. The van der Waals surface area contributed by atoms with Crippen molar-refractivity contribution in [1.29, 1.82) is 0 Å². The molecule has 0 atom stereocenters. The standard InChI is InChI=1S/C14H26N2O/c1-5-15-13(17)12(16-14(2,3)4)11-9-7-6-8-10-11/h16H,5-10H2,1-4H3,(H,15,17). The molecule has 3 heteroatoms. The second-order valence-electron chi connectivity index (χ2n) is 5.77. The molecule has 1 amide bonds. The van der Waals surface area contributed by atoms with E-state index in [1.54, 1.807) is 0 Å². The number of rotatable bonds is 3. The van der Waals surface area contributed by atoms with Crippen molar-refractivity contribution in [2.45, 2.75) is 65.3 Å². The van der Waals surface area contributed by atoms with Gasteiger partial charge in [-0.2, -0.15) is 0 Å². The number of nitrogens with one attached hydrogen (secondary N) is 2. The Morgan fingerprint density at radius 2 is 1.76 bits per heavy atom. The van der Waals surface area contributed by atoms with Gasteiger partial charge in [-0.15, -0.1) is 0 Å². The first-order valence-corrected chi connectivity index (χ1v) is 6.72. The molecule has 0 spiro atoms. The first-order valence-electron chi connectivity index (χ1n) is 6.72. The zero-order valence-electron chi connectivity index (χ0n) is 11.7. The van der Waals surface area contributed by atoms with Crippen LogP contribution in [0, 0.1) is 0 Å². The average molecular weight is 238 g/mol. The summed E-state index contributed by atoms with van der Waals surface area (Å²) >= 11 is 0. The minimum absolute atomic E-state index is 0.0549. The highest BCUT2D eigenvalue weighted by Gasteiger charge is 2.21. The van der Waals surface area contributed by atoms with Gasteiger partial charge >= 0.3 is 0 Å². The summed E-state index contributed by atoms with van der Waals surface area (Å²) in [5, 5.41) is 6.28. The highest BCUT2D eigenvalue weighted by molar-refractivity contribution is 5.93. The lowest BCUT2D eigenvalue weighted by atomic mass is 9.92. The maximum absolute atomic E-state index is 12.1. The lowest BCUT2D eigenvalue weighted by Crippen LogP contribution is -2.42. The number of allylic oxidation sites excluding steroid dienone is 1. The van der Waals surface area contributed by atoms with Gasteiger partial charge in [0.2, 0.25) is 0 Å². The van der Waals surface area contributed by atoms with Crippen molar-refractivity contribution in [2.75, 3.05) is 6.54 Å². The van der Waals surface area contributed by atoms with Crippen LogP contribution in [0.25, 0.3) is 0 Å². The molecule has 0 unspecified atom stereocenters. The zero-order chi connectivity index (χ0) is 12.9. The van der Waals surface area contributed by atoms with Crippen LogP contribution < -0.4 is 10.6 Å². The predicted octanol–water partition coefficient (Wildman–Crippen LogP) is 2.73. The Morgan fingerprint density at radius 1 is 1.18 bits per heavy atom. The van der Waals surface area contributed by atoms with E-state index in [4.69, 9.17) is 0 Å². The normalized spacial score (nSPS) is 16.6. The summed E-state index contributed by atoms with van der Waals surface area (Å²) in [7, 11) is 0. The molecule has 0 heterocycles. The molecule has 17 heavy (non-hydrogen) atoms. The molecule has 1 fully saturated rings.